The molecule has 2 rings (SSSR count). The summed E-state index contributed by atoms with van der Waals surface area (Å²) >= 11 is 0. The van der Waals surface area contributed by atoms with E-state index in [1.165, 1.54) is 18.5 Å². The molecule has 0 spiro atoms. The summed E-state index contributed by atoms with van der Waals surface area (Å²) < 4.78 is 2.26. The first kappa shape index (κ1) is 7.84. The van der Waals surface area contributed by atoms with Crippen LogP contribution in [0.15, 0.2) is 6.20 Å². The van der Waals surface area contributed by atoms with Gasteiger partial charge in [-0.2, -0.15) is 0 Å². The number of aryl methyl sites for hydroxylation is 1. The minimum atomic E-state index is 0.546. The largest absolute Gasteiger partial charge is 0.332 e. The highest BCUT2D eigenvalue weighted by molar-refractivity contribution is 5.14. The first-order valence-corrected chi connectivity index (χ1v) is 4.74. The van der Waals surface area contributed by atoms with Crippen LogP contribution >= 0.6 is 0 Å². The van der Waals surface area contributed by atoms with Crippen molar-refractivity contribution in [3.05, 3.63) is 17.7 Å². The van der Waals surface area contributed by atoms with E-state index in [1.807, 2.05) is 0 Å². The van der Waals surface area contributed by atoms with Crippen molar-refractivity contribution in [2.24, 2.45) is 0 Å². The molecule has 2 heteroatoms. The Balaban J connectivity index is 2.30. The van der Waals surface area contributed by atoms with Crippen LogP contribution in [0.4, 0.5) is 0 Å². The van der Waals surface area contributed by atoms with E-state index in [9.17, 15) is 0 Å². The van der Waals surface area contributed by atoms with E-state index in [0.717, 1.165) is 11.7 Å². The van der Waals surface area contributed by atoms with Crippen molar-refractivity contribution in [2.45, 2.75) is 45.6 Å². The Kier molecular flexibility index (Phi) is 1.71. The van der Waals surface area contributed by atoms with Crippen molar-refractivity contribution in [1.29, 1.82) is 0 Å². The molecule has 66 valence electrons. The van der Waals surface area contributed by atoms with Gasteiger partial charge in [-0.15, -0.1) is 0 Å². The SMILES string of the molecule is Cc1nc(C2CC2)cn1C(C)C. The molecule has 1 aromatic heterocycles. The zero-order chi connectivity index (χ0) is 8.72. The summed E-state index contributed by atoms with van der Waals surface area (Å²) in [5, 5.41) is 0. The third-order valence-corrected chi connectivity index (χ3v) is 2.49. The van der Waals surface area contributed by atoms with Crippen molar-refractivity contribution < 1.29 is 0 Å². The highest BCUT2D eigenvalue weighted by atomic mass is 15.1. The van der Waals surface area contributed by atoms with Crippen LogP contribution in [0.3, 0.4) is 0 Å². The molecule has 1 heterocycles. The Morgan fingerprint density at radius 3 is 2.58 bits per heavy atom. The van der Waals surface area contributed by atoms with Gasteiger partial charge in [0.05, 0.1) is 5.69 Å². The Morgan fingerprint density at radius 2 is 2.17 bits per heavy atom. The molecule has 0 radical (unpaired) electrons. The van der Waals surface area contributed by atoms with E-state index >= 15 is 0 Å². The van der Waals surface area contributed by atoms with Crippen LogP contribution in [0.1, 0.15) is 50.2 Å². The van der Waals surface area contributed by atoms with Gasteiger partial charge in [-0.1, -0.05) is 0 Å². The Hall–Kier alpha value is -0.790. The lowest BCUT2D eigenvalue weighted by Crippen LogP contribution is -2.00. The van der Waals surface area contributed by atoms with E-state index in [2.05, 4.69) is 36.5 Å². The second-order valence-electron chi connectivity index (χ2n) is 3.99. The van der Waals surface area contributed by atoms with Crippen molar-refractivity contribution >= 4 is 0 Å². The molecule has 12 heavy (non-hydrogen) atoms. The molecule has 1 saturated carbocycles. The van der Waals surface area contributed by atoms with Gasteiger partial charge in [0, 0.05) is 18.2 Å². The van der Waals surface area contributed by atoms with Crippen molar-refractivity contribution in [3.8, 4) is 0 Å². The van der Waals surface area contributed by atoms with Gasteiger partial charge >= 0.3 is 0 Å². The van der Waals surface area contributed by atoms with Crippen LogP contribution in [-0.4, -0.2) is 9.55 Å². The fraction of sp³-hybridized carbons (Fsp3) is 0.700. The van der Waals surface area contributed by atoms with E-state index in [0.29, 0.717) is 6.04 Å². The fourth-order valence-corrected chi connectivity index (χ4v) is 1.61. The van der Waals surface area contributed by atoms with E-state index in [1.54, 1.807) is 0 Å². The molecule has 0 bridgehead atoms. The number of imidazole rings is 1. The molecule has 1 aliphatic carbocycles. The summed E-state index contributed by atoms with van der Waals surface area (Å²) in [6, 6.07) is 0.546. The lowest BCUT2D eigenvalue weighted by Gasteiger charge is -2.07. The predicted molar refractivity (Wildman–Crippen MR) is 49.3 cm³/mol. The maximum atomic E-state index is 4.56. The summed E-state index contributed by atoms with van der Waals surface area (Å²) in [7, 11) is 0. The first-order chi connectivity index (χ1) is 5.68. The van der Waals surface area contributed by atoms with E-state index < -0.39 is 0 Å². The number of rotatable bonds is 2. The first-order valence-electron chi connectivity index (χ1n) is 4.74. The van der Waals surface area contributed by atoms with Gasteiger partial charge in [0.1, 0.15) is 5.82 Å². The molecule has 0 aromatic carbocycles. The summed E-state index contributed by atoms with van der Waals surface area (Å²) in [5.41, 5.74) is 1.31. The highest BCUT2D eigenvalue weighted by Gasteiger charge is 2.26. The van der Waals surface area contributed by atoms with Crippen LogP contribution in [0.5, 0.6) is 0 Å². The monoisotopic (exact) mass is 164 g/mol. The van der Waals surface area contributed by atoms with E-state index in [-0.39, 0.29) is 0 Å². The molecule has 0 saturated heterocycles. The summed E-state index contributed by atoms with van der Waals surface area (Å²) in [5.74, 6) is 1.94. The normalized spacial score (nSPS) is 17.3. The molecule has 2 nitrogen and oxygen atoms in total. The van der Waals surface area contributed by atoms with Gasteiger partial charge in [0.15, 0.2) is 0 Å². The van der Waals surface area contributed by atoms with Crippen LogP contribution in [0.2, 0.25) is 0 Å². The molecular formula is C10H16N2. The van der Waals surface area contributed by atoms with Gasteiger partial charge < -0.3 is 4.57 Å². The standard InChI is InChI=1S/C10H16N2/c1-7(2)12-6-10(9-4-5-9)11-8(12)3/h6-7,9H,4-5H2,1-3H3. The molecule has 0 aliphatic heterocycles. The molecule has 1 aromatic rings. The molecule has 0 N–H and O–H groups in total. The maximum Gasteiger partial charge on any atom is 0.106 e. The third kappa shape index (κ3) is 1.26. The second-order valence-corrected chi connectivity index (χ2v) is 3.99. The highest BCUT2D eigenvalue weighted by Crippen LogP contribution is 2.39. The number of nitrogens with zero attached hydrogens (tertiary/aromatic N) is 2. The van der Waals surface area contributed by atoms with Crippen LogP contribution < -0.4 is 0 Å². The van der Waals surface area contributed by atoms with Crippen LogP contribution in [-0.2, 0) is 0 Å². The Bertz CT molecular complexity index is 282. The van der Waals surface area contributed by atoms with Crippen molar-refractivity contribution in [1.82, 2.24) is 9.55 Å². The van der Waals surface area contributed by atoms with Gasteiger partial charge in [0.25, 0.3) is 0 Å². The zero-order valence-electron chi connectivity index (χ0n) is 8.04. The Morgan fingerprint density at radius 1 is 1.50 bits per heavy atom. The zero-order valence-corrected chi connectivity index (χ0v) is 8.04. The lowest BCUT2D eigenvalue weighted by molar-refractivity contribution is 0.582. The number of hydrogen-bond acceptors (Lipinski definition) is 1. The maximum absolute atomic E-state index is 4.56. The second kappa shape index (κ2) is 2.61. The number of hydrogen-bond donors (Lipinski definition) is 0. The minimum absolute atomic E-state index is 0.546. The van der Waals surface area contributed by atoms with Gasteiger partial charge in [-0.25, -0.2) is 4.98 Å². The summed E-state index contributed by atoms with van der Waals surface area (Å²) in [6.45, 7) is 6.49. The number of aromatic nitrogens is 2. The fourth-order valence-electron chi connectivity index (χ4n) is 1.61. The van der Waals surface area contributed by atoms with Gasteiger partial charge in [-0.3, -0.25) is 0 Å². The smallest absolute Gasteiger partial charge is 0.106 e. The van der Waals surface area contributed by atoms with Crippen LogP contribution in [0.25, 0.3) is 0 Å². The summed E-state index contributed by atoms with van der Waals surface area (Å²) in [6.07, 6.45) is 4.90. The molecule has 0 amide bonds. The molecule has 0 atom stereocenters. The van der Waals surface area contributed by atoms with Crippen molar-refractivity contribution in [2.75, 3.05) is 0 Å². The molecule has 0 unspecified atom stereocenters. The van der Waals surface area contributed by atoms with Crippen molar-refractivity contribution in [3.63, 3.8) is 0 Å². The lowest BCUT2D eigenvalue weighted by atomic mass is 10.3. The average Bonchev–Trinajstić information content (AvgIpc) is 2.75. The van der Waals surface area contributed by atoms with E-state index in [4.69, 9.17) is 0 Å². The average molecular weight is 164 g/mol. The summed E-state index contributed by atoms with van der Waals surface area (Å²) in [4.78, 5) is 4.56. The third-order valence-electron chi connectivity index (χ3n) is 2.49. The topological polar surface area (TPSA) is 17.8 Å². The quantitative estimate of drug-likeness (QED) is 0.657. The van der Waals surface area contributed by atoms with Gasteiger partial charge in [-0.05, 0) is 33.6 Å². The molecule has 1 aliphatic rings. The minimum Gasteiger partial charge on any atom is -0.332 e. The predicted octanol–water partition coefficient (Wildman–Crippen LogP) is 2.65. The Labute approximate surface area is 73.6 Å². The molecule has 1 fully saturated rings. The van der Waals surface area contributed by atoms with Gasteiger partial charge in [0.2, 0.25) is 0 Å². The van der Waals surface area contributed by atoms with Crippen LogP contribution in [0, 0.1) is 6.92 Å². The molecular weight excluding hydrogens is 148 g/mol.